The third kappa shape index (κ3) is 1.16. The van der Waals surface area contributed by atoms with Crippen LogP contribution >= 0.6 is 0 Å². The van der Waals surface area contributed by atoms with Gasteiger partial charge in [-0.25, -0.2) is 10.1 Å². The number of nitrogens with zero attached hydrogens (tertiary/aromatic N) is 2. The first-order chi connectivity index (χ1) is 5.38. The molecule has 2 rings (SSSR count). The Kier molecular flexibility index (Phi) is 1.66. The van der Waals surface area contributed by atoms with Gasteiger partial charge in [0.2, 0.25) is 0 Å². The predicted molar refractivity (Wildman–Crippen MR) is 42.4 cm³/mol. The van der Waals surface area contributed by atoms with E-state index >= 15 is 0 Å². The largest absolute Gasteiger partial charge is 0.287 e. The molecular formula is C8H12N2O. The number of hydroxylamine groups is 2. The molecule has 2 aliphatic heterocycles. The van der Waals surface area contributed by atoms with E-state index in [2.05, 4.69) is 11.1 Å². The van der Waals surface area contributed by atoms with Crippen molar-refractivity contribution in [3.05, 3.63) is 12.3 Å². The fourth-order valence-corrected chi connectivity index (χ4v) is 1.69. The minimum absolute atomic E-state index is 0.471. The molecule has 3 nitrogen and oxygen atoms in total. The molecule has 11 heavy (non-hydrogen) atoms. The Bertz CT molecular complexity index is 210. The van der Waals surface area contributed by atoms with Crippen molar-refractivity contribution in [2.24, 2.45) is 10.9 Å². The van der Waals surface area contributed by atoms with Crippen LogP contribution in [0.4, 0.5) is 0 Å². The second kappa shape index (κ2) is 2.66. The van der Waals surface area contributed by atoms with Crippen LogP contribution in [0.2, 0.25) is 0 Å². The van der Waals surface area contributed by atoms with Crippen molar-refractivity contribution in [1.82, 2.24) is 5.06 Å². The number of hydrogen-bond donors (Lipinski definition) is 1. The molecule has 2 heterocycles. The second-order valence-electron chi connectivity index (χ2n) is 3.07. The molecule has 3 heteroatoms. The van der Waals surface area contributed by atoms with Crippen molar-refractivity contribution in [3.63, 3.8) is 0 Å². The van der Waals surface area contributed by atoms with Gasteiger partial charge in [0.05, 0.1) is 0 Å². The molecular weight excluding hydrogens is 140 g/mol. The molecule has 1 unspecified atom stereocenters. The Balaban J connectivity index is 2.20. The fraction of sp³-hybridized carbons (Fsp3) is 0.625. The van der Waals surface area contributed by atoms with Crippen molar-refractivity contribution in [3.8, 4) is 0 Å². The third-order valence-corrected chi connectivity index (χ3v) is 2.28. The highest BCUT2D eigenvalue weighted by molar-refractivity contribution is 5.85. The van der Waals surface area contributed by atoms with Crippen molar-refractivity contribution in [2.45, 2.75) is 19.3 Å². The van der Waals surface area contributed by atoms with Crippen LogP contribution in [-0.4, -0.2) is 22.7 Å². The maximum Gasteiger partial charge on any atom is 0.131 e. The van der Waals surface area contributed by atoms with Gasteiger partial charge in [0.25, 0.3) is 0 Å². The summed E-state index contributed by atoms with van der Waals surface area (Å²) in [5.74, 6) is 1.33. The molecule has 0 amide bonds. The molecule has 0 aliphatic carbocycles. The zero-order valence-electron chi connectivity index (χ0n) is 6.40. The van der Waals surface area contributed by atoms with Gasteiger partial charge in [-0.3, -0.25) is 5.21 Å². The zero-order valence-corrected chi connectivity index (χ0v) is 6.40. The molecule has 1 fully saturated rings. The number of fused-ring (bicyclic) bond motifs is 1. The van der Waals surface area contributed by atoms with Crippen molar-refractivity contribution < 1.29 is 5.21 Å². The fourth-order valence-electron chi connectivity index (χ4n) is 1.69. The average Bonchev–Trinajstić information content (AvgIpc) is 2.06. The van der Waals surface area contributed by atoms with Crippen LogP contribution in [0, 0.1) is 5.92 Å². The molecule has 1 atom stereocenters. The monoisotopic (exact) mass is 152 g/mol. The number of amidine groups is 1. The van der Waals surface area contributed by atoms with E-state index in [0.29, 0.717) is 5.92 Å². The summed E-state index contributed by atoms with van der Waals surface area (Å²) in [6, 6.07) is 0. The number of hydrogen-bond acceptors (Lipinski definition) is 3. The minimum Gasteiger partial charge on any atom is -0.287 e. The van der Waals surface area contributed by atoms with Crippen LogP contribution in [0.5, 0.6) is 0 Å². The lowest BCUT2D eigenvalue weighted by Gasteiger charge is -2.31. The Hall–Kier alpha value is -0.830. The van der Waals surface area contributed by atoms with Gasteiger partial charge in [-0.1, -0.05) is 6.08 Å². The molecule has 0 spiro atoms. The summed E-state index contributed by atoms with van der Waals surface area (Å²) >= 11 is 0. The summed E-state index contributed by atoms with van der Waals surface area (Å²) in [6.07, 6.45) is 7.12. The number of allylic oxidation sites excluding steroid dienone is 1. The Morgan fingerprint density at radius 3 is 3.36 bits per heavy atom. The highest BCUT2D eigenvalue weighted by atomic mass is 16.5. The van der Waals surface area contributed by atoms with Crippen LogP contribution < -0.4 is 0 Å². The Morgan fingerprint density at radius 1 is 1.64 bits per heavy atom. The first kappa shape index (κ1) is 6.85. The molecule has 0 aromatic carbocycles. The molecule has 1 N–H and O–H groups in total. The molecule has 2 aliphatic rings. The zero-order chi connectivity index (χ0) is 7.68. The van der Waals surface area contributed by atoms with E-state index in [-0.39, 0.29) is 0 Å². The smallest absolute Gasteiger partial charge is 0.131 e. The van der Waals surface area contributed by atoms with E-state index in [1.807, 2.05) is 0 Å². The van der Waals surface area contributed by atoms with Crippen LogP contribution in [-0.2, 0) is 0 Å². The number of aliphatic imine (C=N–C) groups is 1. The molecule has 0 radical (unpaired) electrons. The quantitative estimate of drug-likeness (QED) is 0.569. The first-order valence-corrected chi connectivity index (χ1v) is 4.07. The average molecular weight is 152 g/mol. The summed E-state index contributed by atoms with van der Waals surface area (Å²) in [5, 5.41) is 10.7. The van der Waals surface area contributed by atoms with Crippen LogP contribution in [0.25, 0.3) is 0 Å². The van der Waals surface area contributed by atoms with Gasteiger partial charge >= 0.3 is 0 Å². The van der Waals surface area contributed by atoms with E-state index in [4.69, 9.17) is 0 Å². The van der Waals surface area contributed by atoms with E-state index in [1.54, 1.807) is 6.20 Å². The number of piperidine rings is 1. The van der Waals surface area contributed by atoms with Gasteiger partial charge in [0, 0.05) is 18.7 Å². The summed E-state index contributed by atoms with van der Waals surface area (Å²) in [5.41, 5.74) is 0. The molecule has 1 saturated heterocycles. The molecule has 60 valence electrons. The van der Waals surface area contributed by atoms with Crippen LogP contribution in [0.15, 0.2) is 17.3 Å². The van der Waals surface area contributed by atoms with Gasteiger partial charge in [0.15, 0.2) is 0 Å². The van der Waals surface area contributed by atoms with Gasteiger partial charge in [-0.15, -0.1) is 0 Å². The summed E-state index contributed by atoms with van der Waals surface area (Å²) < 4.78 is 0. The van der Waals surface area contributed by atoms with Gasteiger partial charge in [-0.05, 0) is 19.3 Å². The molecule has 0 saturated carbocycles. The lowest BCUT2D eigenvalue weighted by Crippen LogP contribution is -2.39. The van der Waals surface area contributed by atoms with Crippen LogP contribution in [0.3, 0.4) is 0 Å². The summed E-state index contributed by atoms with van der Waals surface area (Å²) in [4.78, 5) is 4.14. The lowest BCUT2D eigenvalue weighted by molar-refractivity contribution is -0.0313. The maximum absolute atomic E-state index is 9.37. The van der Waals surface area contributed by atoms with Gasteiger partial charge in [0.1, 0.15) is 5.84 Å². The summed E-state index contributed by atoms with van der Waals surface area (Å²) in [6.45, 7) is 0.739. The minimum atomic E-state index is 0.471. The molecule has 0 aromatic rings. The highest BCUT2D eigenvalue weighted by Crippen LogP contribution is 2.23. The van der Waals surface area contributed by atoms with Crippen LogP contribution in [0.1, 0.15) is 19.3 Å². The standard InChI is InChI=1S/C8H12N2O/c11-10-6-2-4-7-3-1-5-9-8(7)10/h1,5,7,11H,2-4,6H2. The highest BCUT2D eigenvalue weighted by Gasteiger charge is 2.25. The topological polar surface area (TPSA) is 35.8 Å². The lowest BCUT2D eigenvalue weighted by atomic mass is 9.93. The SMILES string of the molecule is ON1CCCC2CC=CN=C21. The van der Waals surface area contributed by atoms with E-state index < -0.39 is 0 Å². The Morgan fingerprint density at radius 2 is 2.55 bits per heavy atom. The third-order valence-electron chi connectivity index (χ3n) is 2.28. The van der Waals surface area contributed by atoms with Gasteiger partial charge < -0.3 is 0 Å². The predicted octanol–water partition coefficient (Wildman–Crippen LogP) is 1.40. The maximum atomic E-state index is 9.37. The second-order valence-corrected chi connectivity index (χ2v) is 3.07. The Labute approximate surface area is 66.0 Å². The van der Waals surface area contributed by atoms with E-state index in [0.717, 1.165) is 25.2 Å². The molecule has 0 bridgehead atoms. The first-order valence-electron chi connectivity index (χ1n) is 4.07. The van der Waals surface area contributed by atoms with Crippen molar-refractivity contribution >= 4 is 5.84 Å². The normalized spacial score (nSPS) is 29.7. The van der Waals surface area contributed by atoms with Gasteiger partial charge in [-0.2, -0.15) is 0 Å². The van der Waals surface area contributed by atoms with Crippen molar-refractivity contribution in [1.29, 1.82) is 0 Å². The summed E-state index contributed by atoms with van der Waals surface area (Å²) in [7, 11) is 0. The van der Waals surface area contributed by atoms with Crippen molar-refractivity contribution in [2.75, 3.05) is 6.54 Å². The molecule has 0 aromatic heterocycles. The van der Waals surface area contributed by atoms with E-state index in [9.17, 15) is 5.21 Å². The number of rotatable bonds is 0. The van der Waals surface area contributed by atoms with E-state index in [1.165, 1.54) is 11.5 Å².